The molecule has 0 bridgehead atoms. The predicted molar refractivity (Wildman–Crippen MR) is 74.0 cm³/mol. The SMILES string of the molecule is Cc1cc(B(O)OC(C)(C)C(C)(C)O)c(C)n1C. The fourth-order valence-electron chi connectivity index (χ4n) is 1.62. The van der Waals surface area contributed by atoms with Crippen LogP contribution < -0.4 is 5.46 Å². The molecule has 1 rings (SSSR count). The Morgan fingerprint density at radius 1 is 1.22 bits per heavy atom. The lowest BCUT2D eigenvalue weighted by atomic mass is 9.76. The topological polar surface area (TPSA) is 54.6 Å². The van der Waals surface area contributed by atoms with E-state index in [9.17, 15) is 10.1 Å². The van der Waals surface area contributed by atoms with Gasteiger partial charge in [-0.05, 0) is 47.6 Å². The largest absolute Gasteiger partial charge is 0.493 e. The summed E-state index contributed by atoms with van der Waals surface area (Å²) in [5, 5.41) is 20.2. The van der Waals surface area contributed by atoms with Crippen molar-refractivity contribution in [1.82, 2.24) is 4.57 Å². The predicted octanol–water partition coefficient (Wildman–Crippen LogP) is 0.896. The number of rotatable bonds is 4. The van der Waals surface area contributed by atoms with Crippen LogP contribution in [0.25, 0.3) is 0 Å². The van der Waals surface area contributed by atoms with Gasteiger partial charge in [0, 0.05) is 23.9 Å². The molecule has 4 nitrogen and oxygen atoms in total. The monoisotopic (exact) mass is 253 g/mol. The molecule has 0 unspecified atom stereocenters. The third-order valence-electron chi connectivity index (χ3n) is 3.96. The molecule has 1 aromatic heterocycles. The van der Waals surface area contributed by atoms with Crippen LogP contribution in [0.3, 0.4) is 0 Å². The molecule has 0 spiro atoms. The van der Waals surface area contributed by atoms with Crippen molar-refractivity contribution in [2.45, 2.75) is 52.7 Å². The molecule has 0 amide bonds. The van der Waals surface area contributed by atoms with Gasteiger partial charge in [0.1, 0.15) is 0 Å². The summed E-state index contributed by atoms with van der Waals surface area (Å²) in [5.74, 6) is 0. The molecular weight excluding hydrogens is 229 g/mol. The van der Waals surface area contributed by atoms with Crippen LogP contribution in [0.15, 0.2) is 6.07 Å². The summed E-state index contributed by atoms with van der Waals surface area (Å²) in [4.78, 5) is 0. The summed E-state index contributed by atoms with van der Waals surface area (Å²) in [7, 11) is 0.911. The van der Waals surface area contributed by atoms with Gasteiger partial charge in [0.15, 0.2) is 0 Å². The van der Waals surface area contributed by atoms with Crippen molar-refractivity contribution < 1.29 is 14.8 Å². The number of nitrogens with zero attached hydrogens (tertiary/aromatic N) is 1. The smallest absolute Gasteiger partial charge is 0.423 e. The fraction of sp³-hybridized carbons (Fsp3) is 0.692. The lowest BCUT2D eigenvalue weighted by Crippen LogP contribution is -2.53. The normalized spacial score (nSPS) is 12.9. The Bertz CT molecular complexity index is 432. The third kappa shape index (κ3) is 2.79. The molecule has 0 aliphatic carbocycles. The number of aliphatic hydroxyl groups is 1. The van der Waals surface area contributed by atoms with Gasteiger partial charge in [-0.3, -0.25) is 0 Å². The van der Waals surface area contributed by atoms with E-state index in [-0.39, 0.29) is 0 Å². The van der Waals surface area contributed by atoms with E-state index in [1.165, 1.54) is 0 Å². The average Bonchev–Trinajstić information content (AvgIpc) is 2.43. The Balaban J connectivity index is 2.96. The van der Waals surface area contributed by atoms with Crippen molar-refractivity contribution in [2.75, 3.05) is 0 Å². The van der Waals surface area contributed by atoms with E-state index in [2.05, 4.69) is 0 Å². The maximum Gasteiger partial charge on any atom is 0.493 e. The Morgan fingerprint density at radius 2 is 1.72 bits per heavy atom. The van der Waals surface area contributed by atoms with E-state index < -0.39 is 18.3 Å². The Labute approximate surface area is 110 Å². The Kier molecular flexibility index (Phi) is 4.01. The van der Waals surface area contributed by atoms with E-state index in [0.717, 1.165) is 16.9 Å². The molecule has 0 saturated carbocycles. The first-order valence-corrected chi connectivity index (χ1v) is 6.18. The van der Waals surface area contributed by atoms with Gasteiger partial charge in [-0.2, -0.15) is 0 Å². The molecule has 0 aliphatic rings. The van der Waals surface area contributed by atoms with E-state index in [4.69, 9.17) is 4.65 Å². The molecular formula is C13H24BNO3. The number of aromatic nitrogens is 1. The summed E-state index contributed by atoms with van der Waals surface area (Å²) < 4.78 is 7.63. The molecule has 18 heavy (non-hydrogen) atoms. The summed E-state index contributed by atoms with van der Waals surface area (Å²) in [6.45, 7) is 10.8. The highest BCUT2D eigenvalue weighted by molar-refractivity contribution is 6.60. The number of hydrogen-bond acceptors (Lipinski definition) is 3. The molecule has 5 heteroatoms. The minimum atomic E-state index is -1.04. The van der Waals surface area contributed by atoms with Crippen LogP contribution in [0, 0.1) is 13.8 Å². The second-order valence-corrected chi connectivity index (χ2v) is 5.93. The number of aryl methyl sites for hydroxylation is 1. The maximum absolute atomic E-state index is 10.2. The lowest BCUT2D eigenvalue weighted by molar-refractivity contribution is -0.0982. The minimum absolute atomic E-state index is 0.743. The zero-order chi connectivity index (χ0) is 14.3. The highest BCUT2D eigenvalue weighted by Gasteiger charge is 2.40. The summed E-state index contributed by atoms with van der Waals surface area (Å²) in [6.07, 6.45) is 0. The lowest BCUT2D eigenvalue weighted by Gasteiger charge is -2.38. The quantitative estimate of drug-likeness (QED) is 0.784. The van der Waals surface area contributed by atoms with Gasteiger partial charge in [-0.15, -0.1) is 0 Å². The first-order chi connectivity index (χ1) is 7.97. The van der Waals surface area contributed by atoms with Crippen molar-refractivity contribution in [3.8, 4) is 0 Å². The van der Waals surface area contributed by atoms with E-state index in [0.29, 0.717) is 0 Å². The molecule has 0 fully saturated rings. The highest BCUT2D eigenvalue weighted by atomic mass is 16.5. The molecule has 0 aromatic carbocycles. The molecule has 2 N–H and O–H groups in total. The standard InChI is InChI=1S/C13H24BNO3/c1-9-8-11(10(2)15(9)7)14(17)18-13(5,6)12(3,4)16/h8,16-17H,1-7H3. The Morgan fingerprint density at radius 3 is 2.06 bits per heavy atom. The van der Waals surface area contributed by atoms with Gasteiger partial charge in [-0.1, -0.05) is 0 Å². The van der Waals surface area contributed by atoms with Crippen molar-refractivity contribution in [1.29, 1.82) is 0 Å². The summed E-state index contributed by atoms with van der Waals surface area (Å²) in [5.41, 5.74) is 0.888. The molecule has 102 valence electrons. The fourth-order valence-corrected chi connectivity index (χ4v) is 1.62. The van der Waals surface area contributed by atoms with Gasteiger partial charge in [0.2, 0.25) is 0 Å². The zero-order valence-corrected chi connectivity index (χ0v) is 12.4. The van der Waals surface area contributed by atoms with Crippen LogP contribution in [0.4, 0.5) is 0 Å². The van der Waals surface area contributed by atoms with E-state index in [1.807, 2.05) is 31.5 Å². The average molecular weight is 253 g/mol. The van der Waals surface area contributed by atoms with Crippen LogP contribution in [-0.4, -0.2) is 33.0 Å². The highest BCUT2D eigenvalue weighted by Crippen LogP contribution is 2.25. The van der Waals surface area contributed by atoms with Gasteiger partial charge in [0.05, 0.1) is 11.2 Å². The zero-order valence-electron chi connectivity index (χ0n) is 12.4. The molecule has 1 heterocycles. The second kappa shape index (κ2) is 4.72. The first-order valence-electron chi connectivity index (χ1n) is 6.18. The van der Waals surface area contributed by atoms with Crippen LogP contribution in [-0.2, 0) is 11.7 Å². The Hall–Kier alpha value is -0.775. The first kappa shape index (κ1) is 15.3. The van der Waals surface area contributed by atoms with Crippen molar-refractivity contribution in [3.63, 3.8) is 0 Å². The minimum Gasteiger partial charge on any atom is -0.423 e. The van der Waals surface area contributed by atoms with Crippen LogP contribution >= 0.6 is 0 Å². The van der Waals surface area contributed by atoms with E-state index in [1.54, 1.807) is 27.7 Å². The summed E-state index contributed by atoms with van der Waals surface area (Å²) >= 11 is 0. The van der Waals surface area contributed by atoms with Gasteiger partial charge < -0.3 is 19.4 Å². The van der Waals surface area contributed by atoms with E-state index >= 15 is 0 Å². The van der Waals surface area contributed by atoms with Crippen LogP contribution in [0.1, 0.15) is 39.1 Å². The molecule has 0 radical (unpaired) electrons. The second-order valence-electron chi connectivity index (χ2n) is 5.93. The van der Waals surface area contributed by atoms with Gasteiger partial charge in [0.25, 0.3) is 0 Å². The number of hydrogen-bond donors (Lipinski definition) is 2. The summed E-state index contributed by atoms with van der Waals surface area (Å²) in [6, 6.07) is 1.90. The van der Waals surface area contributed by atoms with Crippen molar-refractivity contribution in [2.24, 2.45) is 7.05 Å². The van der Waals surface area contributed by atoms with Crippen LogP contribution in [0.2, 0.25) is 0 Å². The maximum atomic E-state index is 10.2. The van der Waals surface area contributed by atoms with Crippen LogP contribution in [0.5, 0.6) is 0 Å². The van der Waals surface area contributed by atoms with Crippen molar-refractivity contribution >= 4 is 12.6 Å². The van der Waals surface area contributed by atoms with Gasteiger partial charge in [-0.25, -0.2) is 0 Å². The van der Waals surface area contributed by atoms with Crippen molar-refractivity contribution in [3.05, 3.63) is 17.5 Å². The third-order valence-corrected chi connectivity index (χ3v) is 3.96. The van der Waals surface area contributed by atoms with Gasteiger partial charge >= 0.3 is 7.12 Å². The molecule has 1 aromatic rings. The molecule has 0 atom stereocenters. The molecule has 0 aliphatic heterocycles. The molecule has 0 saturated heterocycles.